The van der Waals surface area contributed by atoms with Crippen molar-refractivity contribution in [1.29, 1.82) is 0 Å². The molecule has 0 aromatic heterocycles. The van der Waals surface area contributed by atoms with E-state index < -0.39 is 22.5 Å². The summed E-state index contributed by atoms with van der Waals surface area (Å²) in [7, 11) is -2.40. The number of carbonyl (C=O) groups is 2. The quantitative estimate of drug-likeness (QED) is 0.539. The third kappa shape index (κ3) is 5.01. The van der Waals surface area contributed by atoms with Crippen LogP contribution in [0.3, 0.4) is 0 Å². The van der Waals surface area contributed by atoms with Gasteiger partial charge >= 0.3 is 5.97 Å². The predicted octanol–water partition coefficient (Wildman–Crippen LogP) is 1.95. The SMILES string of the molecule is COc1ccccc1/C=C/C(=O)c1ccc(S(=O)(=O)NCC(=O)O)cc1. The molecule has 0 spiro atoms. The van der Waals surface area contributed by atoms with Crippen molar-refractivity contribution in [1.82, 2.24) is 4.72 Å². The Labute approximate surface area is 151 Å². The third-order valence-electron chi connectivity index (χ3n) is 3.42. The normalized spacial score (nSPS) is 11.4. The van der Waals surface area contributed by atoms with Gasteiger partial charge in [-0.15, -0.1) is 0 Å². The summed E-state index contributed by atoms with van der Waals surface area (Å²) in [5, 5.41) is 8.54. The Morgan fingerprint density at radius 2 is 1.77 bits per heavy atom. The maximum atomic E-state index is 12.2. The fraction of sp³-hybridized carbons (Fsp3) is 0.111. The smallest absolute Gasteiger partial charge is 0.318 e. The zero-order chi connectivity index (χ0) is 19.2. The van der Waals surface area contributed by atoms with Crippen LogP contribution in [0.5, 0.6) is 5.75 Å². The number of ether oxygens (including phenoxy) is 1. The summed E-state index contributed by atoms with van der Waals surface area (Å²) in [6, 6.07) is 12.4. The number of hydrogen-bond donors (Lipinski definition) is 2. The van der Waals surface area contributed by atoms with Gasteiger partial charge in [-0.05, 0) is 42.5 Å². The summed E-state index contributed by atoms with van der Waals surface area (Å²) >= 11 is 0. The Morgan fingerprint density at radius 1 is 1.12 bits per heavy atom. The van der Waals surface area contributed by atoms with Crippen LogP contribution in [0.2, 0.25) is 0 Å². The number of hydrogen-bond acceptors (Lipinski definition) is 5. The Balaban J connectivity index is 2.14. The van der Waals surface area contributed by atoms with E-state index >= 15 is 0 Å². The van der Waals surface area contributed by atoms with E-state index in [-0.39, 0.29) is 10.7 Å². The van der Waals surface area contributed by atoms with Crippen molar-refractivity contribution >= 4 is 27.9 Å². The van der Waals surface area contributed by atoms with Crippen LogP contribution in [0.4, 0.5) is 0 Å². The lowest BCUT2D eigenvalue weighted by atomic mass is 10.1. The van der Waals surface area contributed by atoms with E-state index in [0.717, 1.165) is 5.56 Å². The Kier molecular flexibility index (Phi) is 6.26. The van der Waals surface area contributed by atoms with E-state index in [1.807, 2.05) is 16.9 Å². The average molecular weight is 375 g/mol. The predicted molar refractivity (Wildman–Crippen MR) is 95.6 cm³/mol. The summed E-state index contributed by atoms with van der Waals surface area (Å²) in [5.41, 5.74) is 1.04. The van der Waals surface area contributed by atoms with Gasteiger partial charge in [0.2, 0.25) is 10.0 Å². The highest BCUT2D eigenvalue weighted by Crippen LogP contribution is 2.19. The van der Waals surface area contributed by atoms with Crippen LogP contribution >= 0.6 is 0 Å². The van der Waals surface area contributed by atoms with Crippen LogP contribution in [0, 0.1) is 0 Å². The van der Waals surface area contributed by atoms with Gasteiger partial charge in [-0.1, -0.05) is 18.2 Å². The highest BCUT2D eigenvalue weighted by molar-refractivity contribution is 7.89. The van der Waals surface area contributed by atoms with Crippen LogP contribution in [-0.4, -0.2) is 38.9 Å². The molecule has 0 atom stereocenters. The average Bonchev–Trinajstić information content (AvgIpc) is 2.65. The molecule has 0 saturated heterocycles. The van der Waals surface area contributed by atoms with Crippen LogP contribution < -0.4 is 9.46 Å². The van der Waals surface area contributed by atoms with Crippen LogP contribution in [-0.2, 0) is 14.8 Å². The second kappa shape index (κ2) is 8.41. The lowest BCUT2D eigenvalue weighted by Gasteiger charge is -2.05. The van der Waals surface area contributed by atoms with Crippen molar-refractivity contribution in [2.24, 2.45) is 0 Å². The lowest BCUT2D eigenvalue weighted by molar-refractivity contribution is -0.135. The zero-order valence-electron chi connectivity index (χ0n) is 13.9. The summed E-state index contributed by atoms with van der Waals surface area (Å²) < 4.78 is 31.0. The van der Waals surface area contributed by atoms with E-state index in [0.29, 0.717) is 11.3 Å². The Hall–Kier alpha value is -2.97. The zero-order valence-corrected chi connectivity index (χ0v) is 14.7. The van der Waals surface area contributed by atoms with Gasteiger partial charge in [0.05, 0.1) is 12.0 Å². The van der Waals surface area contributed by atoms with E-state index in [2.05, 4.69) is 0 Å². The molecule has 26 heavy (non-hydrogen) atoms. The minimum Gasteiger partial charge on any atom is -0.496 e. The molecule has 2 aromatic rings. The molecule has 0 amide bonds. The minimum absolute atomic E-state index is 0.121. The number of para-hydroxylation sites is 1. The number of aliphatic carboxylic acids is 1. The first-order valence-electron chi connectivity index (χ1n) is 7.50. The number of benzene rings is 2. The molecular weight excluding hydrogens is 358 g/mol. The van der Waals surface area contributed by atoms with Crippen molar-refractivity contribution in [3.63, 3.8) is 0 Å². The molecule has 8 heteroatoms. The van der Waals surface area contributed by atoms with Gasteiger partial charge in [-0.25, -0.2) is 8.42 Å². The number of nitrogens with one attached hydrogen (secondary N) is 1. The van der Waals surface area contributed by atoms with Crippen molar-refractivity contribution < 1.29 is 27.9 Å². The summed E-state index contributed by atoms with van der Waals surface area (Å²) in [6.45, 7) is -0.718. The first kappa shape index (κ1) is 19.4. The first-order valence-corrected chi connectivity index (χ1v) is 8.99. The first-order chi connectivity index (χ1) is 12.3. The molecule has 136 valence electrons. The number of methoxy groups -OCH3 is 1. The van der Waals surface area contributed by atoms with E-state index in [9.17, 15) is 18.0 Å². The minimum atomic E-state index is -3.94. The van der Waals surface area contributed by atoms with Crippen LogP contribution in [0.15, 0.2) is 59.5 Å². The number of carboxylic acid groups (broad SMARTS) is 1. The molecule has 2 rings (SSSR count). The fourth-order valence-corrected chi connectivity index (χ4v) is 3.08. The monoisotopic (exact) mass is 375 g/mol. The van der Waals surface area contributed by atoms with Gasteiger partial charge < -0.3 is 9.84 Å². The molecule has 0 heterocycles. The Bertz CT molecular complexity index is 932. The van der Waals surface area contributed by atoms with Gasteiger partial charge in [-0.3, -0.25) is 9.59 Å². The molecule has 0 fully saturated rings. The van der Waals surface area contributed by atoms with Crippen LogP contribution in [0.1, 0.15) is 15.9 Å². The summed E-state index contributed by atoms with van der Waals surface area (Å²) in [6.07, 6.45) is 2.98. The van der Waals surface area contributed by atoms with Gasteiger partial charge in [0.15, 0.2) is 5.78 Å². The molecular formula is C18H17NO6S. The number of carboxylic acids is 1. The molecule has 0 aliphatic rings. The molecule has 7 nitrogen and oxygen atoms in total. The highest BCUT2D eigenvalue weighted by atomic mass is 32.2. The topological polar surface area (TPSA) is 110 Å². The molecule has 0 saturated carbocycles. The number of ketones is 1. The summed E-state index contributed by atoms with van der Waals surface area (Å²) in [5.74, 6) is -0.970. The number of allylic oxidation sites excluding steroid dienone is 1. The molecule has 0 unspecified atom stereocenters. The van der Waals surface area contributed by atoms with Crippen molar-refractivity contribution in [2.75, 3.05) is 13.7 Å². The van der Waals surface area contributed by atoms with E-state index in [1.54, 1.807) is 18.2 Å². The fourth-order valence-electron chi connectivity index (χ4n) is 2.10. The third-order valence-corrected chi connectivity index (χ3v) is 4.83. The van der Waals surface area contributed by atoms with Crippen molar-refractivity contribution in [2.45, 2.75) is 4.90 Å². The molecule has 0 radical (unpaired) electrons. The second-order valence-corrected chi connectivity index (χ2v) is 6.95. The Morgan fingerprint density at radius 3 is 2.38 bits per heavy atom. The number of rotatable bonds is 8. The van der Waals surface area contributed by atoms with E-state index in [1.165, 1.54) is 37.5 Å². The molecule has 2 aromatic carbocycles. The second-order valence-electron chi connectivity index (χ2n) is 5.18. The van der Waals surface area contributed by atoms with E-state index in [4.69, 9.17) is 9.84 Å². The van der Waals surface area contributed by atoms with Crippen molar-refractivity contribution in [3.05, 3.63) is 65.7 Å². The molecule has 0 aliphatic carbocycles. The van der Waals surface area contributed by atoms with Crippen LogP contribution in [0.25, 0.3) is 6.08 Å². The van der Waals surface area contributed by atoms with Gasteiger partial charge in [0.25, 0.3) is 0 Å². The van der Waals surface area contributed by atoms with Gasteiger partial charge in [0.1, 0.15) is 12.3 Å². The van der Waals surface area contributed by atoms with Gasteiger partial charge in [0, 0.05) is 11.1 Å². The maximum absolute atomic E-state index is 12.2. The molecule has 0 bridgehead atoms. The maximum Gasteiger partial charge on any atom is 0.318 e. The number of sulfonamides is 1. The molecule has 0 aliphatic heterocycles. The van der Waals surface area contributed by atoms with Crippen molar-refractivity contribution in [3.8, 4) is 5.75 Å². The number of carbonyl (C=O) groups excluding carboxylic acids is 1. The summed E-state index contributed by atoms with van der Waals surface area (Å²) in [4.78, 5) is 22.6. The lowest BCUT2D eigenvalue weighted by Crippen LogP contribution is -2.29. The standard InChI is InChI=1S/C18H17NO6S/c1-25-17-5-3-2-4-14(17)8-11-16(20)13-6-9-15(10-7-13)26(23,24)19-12-18(21)22/h2-11,19H,12H2,1H3,(H,21,22)/b11-8+. The van der Waals surface area contributed by atoms with Gasteiger partial charge in [-0.2, -0.15) is 4.72 Å². The highest BCUT2D eigenvalue weighted by Gasteiger charge is 2.15. The molecule has 2 N–H and O–H groups in total. The largest absolute Gasteiger partial charge is 0.496 e.